The van der Waals surface area contributed by atoms with Gasteiger partial charge in [-0.2, -0.15) is 0 Å². The number of rotatable bonds is 0. The van der Waals surface area contributed by atoms with Crippen molar-refractivity contribution in [2.75, 3.05) is 0 Å². The van der Waals surface area contributed by atoms with E-state index in [2.05, 4.69) is 15.0 Å². The zero-order valence-corrected chi connectivity index (χ0v) is 7.25. The molecule has 0 bridgehead atoms. The molecule has 0 atom stereocenters. The second-order valence-electron chi connectivity index (χ2n) is 3.00. The lowest BCUT2D eigenvalue weighted by atomic mass is 9.98. The van der Waals surface area contributed by atoms with Crippen molar-refractivity contribution in [2.45, 2.75) is 0 Å². The normalized spacial score (nSPS) is 22.1. The van der Waals surface area contributed by atoms with E-state index in [0.29, 0.717) is 11.6 Å². The van der Waals surface area contributed by atoms with Gasteiger partial charge in [-0.15, -0.1) is 0 Å². The maximum atomic E-state index is 5.65. The number of guanidine groups is 1. The fourth-order valence-electron chi connectivity index (χ4n) is 1.52. The molecule has 3 heterocycles. The van der Waals surface area contributed by atoms with Crippen LogP contribution in [0.3, 0.4) is 0 Å². The smallest absolute Gasteiger partial charge is 0.236 e. The van der Waals surface area contributed by atoms with Gasteiger partial charge in [0.2, 0.25) is 5.96 Å². The molecule has 4 nitrogen and oxygen atoms in total. The molecular formula is C9H5BN4. The topological polar surface area (TPSA) is 40.3 Å². The highest BCUT2D eigenvalue weighted by atomic mass is 15.4. The van der Waals surface area contributed by atoms with Crippen molar-refractivity contribution in [3.63, 3.8) is 0 Å². The van der Waals surface area contributed by atoms with E-state index in [1.807, 2.05) is 23.1 Å². The zero-order chi connectivity index (χ0) is 9.54. The van der Waals surface area contributed by atoms with Gasteiger partial charge in [0, 0.05) is 0 Å². The highest BCUT2D eigenvalue weighted by Gasteiger charge is 2.25. The molecule has 3 aliphatic rings. The van der Waals surface area contributed by atoms with Crippen molar-refractivity contribution >= 4 is 25.8 Å². The maximum absolute atomic E-state index is 5.65. The molecule has 64 valence electrons. The van der Waals surface area contributed by atoms with Crippen molar-refractivity contribution < 1.29 is 0 Å². The minimum atomic E-state index is 0.469. The molecule has 3 rings (SSSR count). The third kappa shape index (κ3) is 0.922. The first kappa shape index (κ1) is 7.49. The largest absolute Gasteiger partial charge is 0.263 e. The van der Waals surface area contributed by atoms with E-state index >= 15 is 0 Å². The molecule has 3 aliphatic heterocycles. The Bertz CT molecular complexity index is 477. The lowest BCUT2D eigenvalue weighted by Crippen LogP contribution is -2.34. The number of allylic oxidation sites excluding steroid dienone is 4. The molecule has 5 heteroatoms. The van der Waals surface area contributed by atoms with Gasteiger partial charge in [0.15, 0.2) is 0 Å². The van der Waals surface area contributed by atoms with Gasteiger partial charge in [-0.3, -0.25) is 4.90 Å². The van der Waals surface area contributed by atoms with Crippen molar-refractivity contribution in [1.82, 2.24) is 4.90 Å². The average molecular weight is 180 g/mol. The maximum Gasteiger partial charge on any atom is 0.236 e. The summed E-state index contributed by atoms with van der Waals surface area (Å²) >= 11 is 0. The van der Waals surface area contributed by atoms with E-state index in [1.54, 1.807) is 6.08 Å². The summed E-state index contributed by atoms with van der Waals surface area (Å²) in [5.74, 6) is 1.39. The Kier molecular flexibility index (Phi) is 1.36. The molecule has 0 saturated heterocycles. The second-order valence-corrected chi connectivity index (χ2v) is 3.00. The zero-order valence-electron chi connectivity index (χ0n) is 7.25. The Hall–Kier alpha value is -1.91. The van der Waals surface area contributed by atoms with Gasteiger partial charge in [-0.25, -0.2) is 15.0 Å². The highest BCUT2D eigenvalue weighted by molar-refractivity contribution is 6.64. The summed E-state index contributed by atoms with van der Waals surface area (Å²) in [6, 6.07) is 0. The van der Waals surface area contributed by atoms with Gasteiger partial charge in [-0.1, -0.05) is 6.08 Å². The van der Waals surface area contributed by atoms with Crippen LogP contribution in [-0.4, -0.2) is 30.7 Å². The van der Waals surface area contributed by atoms with Crippen LogP contribution >= 0.6 is 0 Å². The molecule has 0 saturated carbocycles. The Balaban J connectivity index is 2.23. The lowest BCUT2D eigenvalue weighted by molar-refractivity contribution is 0.619. The Morgan fingerprint density at radius 2 is 2.29 bits per heavy atom. The third-order valence-corrected chi connectivity index (χ3v) is 2.09. The van der Waals surface area contributed by atoms with Crippen LogP contribution in [0.15, 0.2) is 50.8 Å². The van der Waals surface area contributed by atoms with E-state index in [1.165, 1.54) is 6.34 Å². The summed E-state index contributed by atoms with van der Waals surface area (Å²) in [6.07, 6.45) is 9.05. The average Bonchev–Trinajstić information content (AvgIpc) is 2.18. The van der Waals surface area contributed by atoms with E-state index < -0.39 is 0 Å². The van der Waals surface area contributed by atoms with E-state index in [4.69, 9.17) is 7.85 Å². The molecule has 0 aromatic carbocycles. The molecule has 0 aromatic heterocycles. The van der Waals surface area contributed by atoms with E-state index in [9.17, 15) is 0 Å². The minimum absolute atomic E-state index is 0.469. The molecule has 0 aliphatic carbocycles. The van der Waals surface area contributed by atoms with Crippen LogP contribution in [0.1, 0.15) is 0 Å². The molecule has 0 fully saturated rings. The quantitative estimate of drug-likeness (QED) is 0.502. The first-order valence-electron chi connectivity index (χ1n) is 4.19. The van der Waals surface area contributed by atoms with Crippen molar-refractivity contribution in [3.05, 3.63) is 35.8 Å². The van der Waals surface area contributed by atoms with Crippen LogP contribution in [0.25, 0.3) is 0 Å². The monoisotopic (exact) mass is 180 g/mol. The van der Waals surface area contributed by atoms with Gasteiger partial charge in [0.1, 0.15) is 20.0 Å². The predicted octanol–water partition coefficient (Wildman–Crippen LogP) is 0.562. The molecule has 0 unspecified atom stereocenters. The van der Waals surface area contributed by atoms with Crippen LogP contribution < -0.4 is 0 Å². The van der Waals surface area contributed by atoms with Gasteiger partial charge >= 0.3 is 0 Å². The van der Waals surface area contributed by atoms with Crippen molar-refractivity contribution in [2.24, 2.45) is 15.0 Å². The summed E-state index contributed by atoms with van der Waals surface area (Å²) in [5.41, 5.74) is 1.42. The molecular weight excluding hydrogens is 175 g/mol. The van der Waals surface area contributed by atoms with Gasteiger partial charge in [-0.05, 0) is 23.8 Å². The molecule has 0 aromatic rings. The number of nitrogens with zero attached hydrogens (tertiary/aromatic N) is 4. The Morgan fingerprint density at radius 1 is 1.36 bits per heavy atom. The van der Waals surface area contributed by atoms with E-state index in [-0.39, 0.29) is 0 Å². The minimum Gasteiger partial charge on any atom is -0.263 e. The summed E-state index contributed by atoms with van der Waals surface area (Å²) in [5, 5.41) is 0. The molecule has 0 amide bonds. The predicted molar refractivity (Wildman–Crippen MR) is 56.3 cm³/mol. The van der Waals surface area contributed by atoms with Gasteiger partial charge in [0.25, 0.3) is 0 Å². The Morgan fingerprint density at radius 3 is 3.21 bits per heavy atom. The molecule has 0 spiro atoms. The van der Waals surface area contributed by atoms with Crippen LogP contribution in [0.5, 0.6) is 0 Å². The third-order valence-electron chi connectivity index (χ3n) is 2.09. The number of hydrogen-bond donors (Lipinski definition) is 0. The summed E-state index contributed by atoms with van der Waals surface area (Å²) < 4.78 is 0. The number of aliphatic imine (C=N–C) groups is 3. The second kappa shape index (κ2) is 2.54. The van der Waals surface area contributed by atoms with Crippen LogP contribution in [-0.2, 0) is 0 Å². The van der Waals surface area contributed by atoms with Gasteiger partial charge < -0.3 is 0 Å². The summed E-state index contributed by atoms with van der Waals surface area (Å²) in [6.45, 7) is 0. The van der Waals surface area contributed by atoms with E-state index in [0.717, 1.165) is 11.5 Å². The number of hydrogen-bond acceptors (Lipinski definition) is 4. The molecule has 0 N–H and O–H groups in total. The molecule has 2 radical (unpaired) electrons. The first-order valence-corrected chi connectivity index (χ1v) is 4.19. The van der Waals surface area contributed by atoms with Gasteiger partial charge in [0.05, 0.1) is 5.70 Å². The fourth-order valence-corrected chi connectivity index (χ4v) is 1.52. The first-order chi connectivity index (χ1) is 6.84. The van der Waals surface area contributed by atoms with Crippen LogP contribution in [0, 0.1) is 0 Å². The van der Waals surface area contributed by atoms with Crippen LogP contribution in [0.2, 0.25) is 0 Å². The lowest BCUT2D eigenvalue weighted by Gasteiger charge is -2.30. The standard InChI is InChI=1S/C9H5BN4/c10-7-4-6-2-1-3-8-11-5-12-9(13-7)14(6)8/h1-5H. The fraction of sp³-hybridized carbons (Fsp3) is 0. The Labute approximate surface area is 82.2 Å². The van der Waals surface area contributed by atoms with Crippen molar-refractivity contribution in [3.8, 4) is 0 Å². The SMILES string of the molecule is [B]C1=NC2=NC=NC3=CC=CC(=C1)N32. The summed E-state index contributed by atoms with van der Waals surface area (Å²) in [7, 11) is 5.65. The van der Waals surface area contributed by atoms with Crippen LogP contribution in [0.4, 0.5) is 0 Å². The molecule has 14 heavy (non-hydrogen) atoms. The highest BCUT2D eigenvalue weighted by Crippen LogP contribution is 2.25. The van der Waals surface area contributed by atoms with Crippen molar-refractivity contribution in [1.29, 1.82) is 0 Å². The summed E-state index contributed by atoms with van der Waals surface area (Å²) in [4.78, 5) is 14.2.